The van der Waals surface area contributed by atoms with Crippen molar-refractivity contribution in [1.82, 2.24) is 4.98 Å². The van der Waals surface area contributed by atoms with Crippen molar-refractivity contribution in [3.63, 3.8) is 0 Å². The molecule has 0 aliphatic heterocycles. The van der Waals surface area contributed by atoms with Gasteiger partial charge in [-0.15, -0.1) is 11.8 Å². The van der Waals surface area contributed by atoms with Crippen molar-refractivity contribution >= 4 is 23.6 Å². The van der Waals surface area contributed by atoms with Gasteiger partial charge in [-0.3, -0.25) is 4.79 Å². The molecule has 6 heteroatoms. The maximum absolute atomic E-state index is 11.4. The summed E-state index contributed by atoms with van der Waals surface area (Å²) >= 11 is 1.52. The van der Waals surface area contributed by atoms with E-state index in [2.05, 4.69) is 9.72 Å². The number of rotatable bonds is 5. The maximum Gasteiger partial charge on any atom is 0.338 e. The first-order chi connectivity index (χ1) is 7.63. The molecule has 86 valence electrons. The summed E-state index contributed by atoms with van der Waals surface area (Å²) in [6.07, 6.45) is 1.53. The Labute approximate surface area is 97.4 Å². The van der Waals surface area contributed by atoms with Crippen molar-refractivity contribution in [3.8, 4) is 0 Å². The van der Waals surface area contributed by atoms with Gasteiger partial charge in [0.25, 0.3) is 5.91 Å². The molecule has 1 rings (SSSR count). The topological polar surface area (TPSA) is 82.3 Å². The van der Waals surface area contributed by atoms with E-state index in [0.29, 0.717) is 5.56 Å². The lowest BCUT2D eigenvalue weighted by molar-refractivity contribution is -0.121. The van der Waals surface area contributed by atoms with Crippen LogP contribution in [0, 0.1) is 0 Å². The van der Waals surface area contributed by atoms with Gasteiger partial charge in [0.2, 0.25) is 0 Å². The molecule has 2 N–H and O–H groups in total. The van der Waals surface area contributed by atoms with Crippen LogP contribution in [-0.4, -0.2) is 29.2 Å². The van der Waals surface area contributed by atoms with Gasteiger partial charge in [0.05, 0.1) is 10.6 Å². The molecule has 0 bridgehead atoms. The number of aromatic nitrogens is 1. The molecule has 0 aliphatic rings. The highest BCUT2D eigenvalue weighted by atomic mass is 32.2. The Bertz CT molecular complexity index is 395. The molecule has 0 spiro atoms. The van der Waals surface area contributed by atoms with Gasteiger partial charge >= 0.3 is 5.97 Å². The van der Waals surface area contributed by atoms with Gasteiger partial charge in [-0.2, -0.15) is 0 Å². The SMILES string of the molecule is CCSc1cc(C(=O)OCC(N)=O)ccn1. The number of nitrogens with zero attached hydrogens (tertiary/aromatic N) is 1. The van der Waals surface area contributed by atoms with Crippen LogP contribution in [0.25, 0.3) is 0 Å². The average Bonchev–Trinajstić information content (AvgIpc) is 2.26. The molecular formula is C10H12N2O3S. The van der Waals surface area contributed by atoms with Crippen molar-refractivity contribution in [2.45, 2.75) is 11.9 Å². The van der Waals surface area contributed by atoms with Crippen LogP contribution >= 0.6 is 11.8 Å². The minimum Gasteiger partial charge on any atom is -0.452 e. The molecule has 0 fully saturated rings. The first-order valence-electron chi connectivity index (χ1n) is 4.67. The molecule has 0 saturated carbocycles. The summed E-state index contributed by atoms with van der Waals surface area (Å²) in [6.45, 7) is 1.59. The van der Waals surface area contributed by atoms with Crippen LogP contribution in [0.3, 0.4) is 0 Å². The predicted octanol–water partition coefficient (Wildman–Crippen LogP) is 0.836. The number of amides is 1. The lowest BCUT2D eigenvalue weighted by Crippen LogP contribution is -2.20. The Kier molecular flexibility index (Phi) is 4.78. The molecule has 0 atom stereocenters. The fraction of sp³-hybridized carbons (Fsp3) is 0.300. The molecular weight excluding hydrogens is 228 g/mol. The molecule has 1 aromatic heterocycles. The van der Waals surface area contributed by atoms with E-state index < -0.39 is 18.5 Å². The maximum atomic E-state index is 11.4. The molecule has 0 saturated heterocycles. The second-order valence-electron chi connectivity index (χ2n) is 2.86. The zero-order valence-electron chi connectivity index (χ0n) is 8.80. The summed E-state index contributed by atoms with van der Waals surface area (Å²) in [7, 11) is 0. The van der Waals surface area contributed by atoms with E-state index in [1.807, 2.05) is 6.92 Å². The number of hydrogen-bond acceptors (Lipinski definition) is 5. The van der Waals surface area contributed by atoms with Gasteiger partial charge in [0.1, 0.15) is 0 Å². The molecule has 1 heterocycles. The molecule has 0 unspecified atom stereocenters. The minimum absolute atomic E-state index is 0.368. The van der Waals surface area contributed by atoms with Gasteiger partial charge in [0, 0.05) is 6.20 Å². The molecule has 5 nitrogen and oxygen atoms in total. The number of carbonyl (C=O) groups is 2. The van der Waals surface area contributed by atoms with Crippen LogP contribution < -0.4 is 5.73 Å². The summed E-state index contributed by atoms with van der Waals surface area (Å²) in [5.74, 6) is -0.378. The molecule has 1 amide bonds. The molecule has 0 aromatic carbocycles. The zero-order valence-corrected chi connectivity index (χ0v) is 9.62. The first-order valence-corrected chi connectivity index (χ1v) is 5.66. The van der Waals surface area contributed by atoms with Gasteiger partial charge in [0.15, 0.2) is 6.61 Å². The summed E-state index contributed by atoms with van der Waals surface area (Å²) in [5, 5.41) is 0.746. The normalized spacial score (nSPS) is 9.81. The van der Waals surface area contributed by atoms with Gasteiger partial charge in [-0.05, 0) is 17.9 Å². The van der Waals surface area contributed by atoms with E-state index in [9.17, 15) is 9.59 Å². The summed E-state index contributed by atoms with van der Waals surface area (Å²) in [6, 6.07) is 3.15. The van der Waals surface area contributed by atoms with Crippen molar-refractivity contribution in [1.29, 1.82) is 0 Å². The number of ether oxygens (including phenoxy) is 1. The van der Waals surface area contributed by atoms with Crippen molar-refractivity contribution in [2.24, 2.45) is 5.73 Å². The highest BCUT2D eigenvalue weighted by Crippen LogP contribution is 2.15. The monoisotopic (exact) mass is 240 g/mol. The van der Waals surface area contributed by atoms with E-state index in [1.165, 1.54) is 24.0 Å². The lowest BCUT2D eigenvalue weighted by atomic mass is 10.3. The average molecular weight is 240 g/mol. The smallest absolute Gasteiger partial charge is 0.338 e. The summed E-state index contributed by atoms with van der Waals surface area (Å²) in [5.41, 5.74) is 5.23. The highest BCUT2D eigenvalue weighted by molar-refractivity contribution is 7.99. The van der Waals surface area contributed by atoms with Crippen LogP contribution in [0.2, 0.25) is 0 Å². The number of nitrogens with two attached hydrogens (primary N) is 1. The fourth-order valence-corrected chi connectivity index (χ4v) is 1.62. The Balaban J connectivity index is 2.67. The third-order valence-corrected chi connectivity index (χ3v) is 2.42. The number of hydrogen-bond donors (Lipinski definition) is 1. The second-order valence-corrected chi connectivity index (χ2v) is 4.14. The van der Waals surface area contributed by atoms with Crippen molar-refractivity contribution in [2.75, 3.05) is 12.4 Å². The Morgan fingerprint density at radius 1 is 1.56 bits per heavy atom. The van der Waals surface area contributed by atoms with Gasteiger partial charge in [-0.25, -0.2) is 9.78 Å². The van der Waals surface area contributed by atoms with E-state index in [-0.39, 0.29) is 0 Å². The molecule has 16 heavy (non-hydrogen) atoms. The number of thioether (sulfide) groups is 1. The third kappa shape index (κ3) is 3.90. The van der Waals surface area contributed by atoms with Crippen LogP contribution in [0.1, 0.15) is 17.3 Å². The Morgan fingerprint density at radius 2 is 2.31 bits per heavy atom. The minimum atomic E-state index is -0.675. The predicted molar refractivity (Wildman–Crippen MR) is 60.1 cm³/mol. The van der Waals surface area contributed by atoms with E-state index in [0.717, 1.165) is 10.8 Å². The number of pyridine rings is 1. The van der Waals surface area contributed by atoms with Crippen molar-refractivity contribution in [3.05, 3.63) is 23.9 Å². The van der Waals surface area contributed by atoms with Crippen LogP contribution in [0.5, 0.6) is 0 Å². The largest absolute Gasteiger partial charge is 0.452 e. The first kappa shape index (κ1) is 12.5. The third-order valence-electron chi connectivity index (χ3n) is 1.61. The number of primary amides is 1. The van der Waals surface area contributed by atoms with E-state index in [4.69, 9.17) is 5.73 Å². The fourth-order valence-electron chi connectivity index (χ4n) is 0.983. The highest BCUT2D eigenvalue weighted by Gasteiger charge is 2.09. The summed E-state index contributed by atoms with van der Waals surface area (Å²) < 4.78 is 4.67. The number of carbonyl (C=O) groups excluding carboxylic acids is 2. The molecule has 0 radical (unpaired) electrons. The van der Waals surface area contributed by atoms with Crippen LogP contribution in [0.4, 0.5) is 0 Å². The number of esters is 1. The van der Waals surface area contributed by atoms with Gasteiger partial charge < -0.3 is 10.5 Å². The second kappa shape index (κ2) is 6.12. The molecule has 0 aliphatic carbocycles. The Hall–Kier alpha value is -1.56. The molecule has 1 aromatic rings. The van der Waals surface area contributed by atoms with E-state index >= 15 is 0 Å². The Morgan fingerprint density at radius 3 is 2.94 bits per heavy atom. The van der Waals surface area contributed by atoms with Gasteiger partial charge in [-0.1, -0.05) is 6.92 Å². The lowest BCUT2D eigenvalue weighted by Gasteiger charge is -2.03. The standard InChI is InChI=1S/C10H12N2O3S/c1-2-16-9-5-7(3-4-12-9)10(14)15-6-8(11)13/h3-5H,2,6H2,1H3,(H2,11,13). The van der Waals surface area contributed by atoms with Crippen LogP contribution in [-0.2, 0) is 9.53 Å². The van der Waals surface area contributed by atoms with E-state index in [1.54, 1.807) is 6.07 Å². The summed E-state index contributed by atoms with van der Waals surface area (Å²) in [4.78, 5) is 25.9. The zero-order chi connectivity index (χ0) is 12.0. The quantitative estimate of drug-likeness (QED) is 0.609. The van der Waals surface area contributed by atoms with Crippen molar-refractivity contribution < 1.29 is 14.3 Å². The van der Waals surface area contributed by atoms with Crippen LogP contribution in [0.15, 0.2) is 23.4 Å².